The molecular weight excluding hydrogens is 230 g/mol. The van der Waals surface area contributed by atoms with Gasteiger partial charge < -0.3 is 10.0 Å². The number of rotatable bonds is 2. The van der Waals surface area contributed by atoms with Crippen LogP contribution in [0.15, 0.2) is 24.5 Å². The average Bonchev–Trinajstić information content (AvgIpc) is 2.28. The number of fused-ring (bicyclic) bond motifs is 1. The normalized spacial score (nSPS) is 15.7. The van der Waals surface area contributed by atoms with Crippen LogP contribution in [-0.2, 0) is 4.79 Å². The molecule has 92 valence electrons. The van der Waals surface area contributed by atoms with Crippen LogP contribution in [0, 0.1) is 12.8 Å². The first-order chi connectivity index (χ1) is 8.66. The molecule has 0 unspecified atom stereocenters. The van der Waals surface area contributed by atoms with E-state index >= 15 is 0 Å². The fraction of sp³-hybridized carbons (Fsp3) is 0.308. The number of para-hydroxylation sites is 1. The highest BCUT2D eigenvalue weighted by molar-refractivity contribution is 5.92. The minimum atomic E-state index is -0.735. The fourth-order valence-corrected chi connectivity index (χ4v) is 2.28. The molecule has 0 atom stereocenters. The second-order valence-electron chi connectivity index (χ2n) is 4.61. The number of carboxylic acid groups (broad SMARTS) is 1. The molecule has 2 aromatic rings. The van der Waals surface area contributed by atoms with Gasteiger partial charge in [-0.3, -0.25) is 4.79 Å². The maximum Gasteiger partial charge on any atom is 0.310 e. The SMILES string of the molecule is Cc1cccc2c(N3CC(C(=O)O)C3)ncnc12. The summed E-state index contributed by atoms with van der Waals surface area (Å²) in [5, 5.41) is 9.88. The van der Waals surface area contributed by atoms with Crippen LogP contribution in [0.1, 0.15) is 5.56 Å². The van der Waals surface area contributed by atoms with Gasteiger partial charge in [-0.2, -0.15) is 0 Å². The Labute approximate surface area is 104 Å². The third-order valence-corrected chi connectivity index (χ3v) is 3.38. The lowest BCUT2D eigenvalue weighted by Crippen LogP contribution is -2.50. The van der Waals surface area contributed by atoms with E-state index in [0.29, 0.717) is 13.1 Å². The summed E-state index contributed by atoms with van der Waals surface area (Å²) < 4.78 is 0. The minimum absolute atomic E-state index is 0.278. The lowest BCUT2D eigenvalue weighted by atomic mass is 10.00. The summed E-state index contributed by atoms with van der Waals surface area (Å²) in [7, 11) is 0. The molecule has 1 saturated heterocycles. The van der Waals surface area contributed by atoms with E-state index in [0.717, 1.165) is 22.3 Å². The van der Waals surface area contributed by atoms with Crippen molar-refractivity contribution in [3.63, 3.8) is 0 Å². The molecule has 2 heterocycles. The number of hydrogen-bond donors (Lipinski definition) is 1. The van der Waals surface area contributed by atoms with E-state index in [1.807, 2.05) is 30.0 Å². The summed E-state index contributed by atoms with van der Waals surface area (Å²) in [6, 6.07) is 5.96. The molecule has 1 aromatic heterocycles. The number of aromatic nitrogens is 2. The quantitative estimate of drug-likeness (QED) is 0.865. The Hall–Kier alpha value is -2.17. The van der Waals surface area contributed by atoms with Crippen LogP contribution in [0.2, 0.25) is 0 Å². The zero-order valence-corrected chi connectivity index (χ0v) is 10.00. The van der Waals surface area contributed by atoms with Crippen LogP contribution < -0.4 is 4.90 Å². The first kappa shape index (κ1) is 11.0. The third-order valence-electron chi connectivity index (χ3n) is 3.38. The highest BCUT2D eigenvalue weighted by Gasteiger charge is 2.34. The molecular formula is C13H13N3O2. The Morgan fingerprint density at radius 1 is 1.39 bits per heavy atom. The van der Waals surface area contributed by atoms with E-state index < -0.39 is 5.97 Å². The van der Waals surface area contributed by atoms with Gasteiger partial charge in [0.25, 0.3) is 0 Å². The zero-order valence-electron chi connectivity index (χ0n) is 10.00. The third kappa shape index (κ3) is 1.59. The van der Waals surface area contributed by atoms with E-state index in [9.17, 15) is 4.79 Å². The number of carbonyl (C=O) groups is 1. The maximum absolute atomic E-state index is 10.8. The molecule has 1 fully saturated rings. The fourth-order valence-electron chi connectivity index (χ4n) is 2.28. The van der Waals surface area contributed by atoms with Gasteiger partial charge in [-0.25, -0.2) is 9.97 Å². The topological polar surface area (TPSA) is 66.3 Å². The Balaban J connectivity index is 1.99. The van der Waals surface area contributed by atoms with Crippen LogP contribution in [0.5, 0.6) is 0 Å². The van der Waals surface area contributed by atoms with Gasteiger partial charge in [0.15, 0.2) is 0 Å². The lowest BCUT2D eigenvalue weighted by molar-refractivity contribution is -0.142. The second-order valence-corrected chi connectivity index (χ2v) is 4.61. The van der Waals surface area contributed by atoms with Crippen LogP contribution >= 0.6 is 0 Å². The number of hydrogen-bond acceptors (Lipinski definition) is 4. The smallest absolute Gasteiger partial charge is 0.310 e. The minimum Gasteiger partial charge on any atom is -0.481 e. The van der Waals surface area contributed by atoms with Gasteiger partial charge in [-0.15, -0.1) is 0 Å². The van der Waals surface area contributed by atoms with Crippen molar-refractivity contribution in [1.82, 2.24) is 9.97 Å². The highest BCUT2D eigenvalue weighted by Crippen LogP contribution is 2.29. The number of aliphatic carboxylic acids is 1. The van der Waals surface area contributed by atoms with E-state index in [1.54, 1.807) is 6.33 Å². The number of aryl methyl sites for hydroxylation is 1. The molecule has 0 radical (unpaired) electrons. The number of benzene rings is 1. The van der Waals surface area contributed by atoms with Crippen molar-refractivity contribution < 1.29 is 9.90 Å². The monoisotopic (exact) mass is 243 g/mol. The van der Waals surface area contributed by atoms with E-state index in [-0.39, 0.29) is 5.92 Å². The summed E-state index contributed by atoms with van der Waals surface area (Å²) in [4.78, 5) is 21.4. The molecule has 18 heavy (non-hydrogen) atoms. The molecule has 1 N–H and O–H groups in total. The zero-order chi connectivity index (χ0) is 12.7. The first-order valence-electron chi connectivity index (χ1n) is 5.85. The second kappa shape index (κ2) is 3.94. The highest BCUT2D eigenvalue weighted by atomic mass is 16.4. The van der Waals surface area contributed by atoms with Crippen LogP contribution in [0.25, 0.3) is 10.9 Å². The van der Waals surface area contributed by atoms with Crippen molar-refractivity contribution >= 4 is 22.7 Å². The van der Waals surface area contributed by atoms with Crippen LogP contribution in [-0.4, -0.2) is 34.1 Å². The molecule has 0 spiro atoms. The van der Waals surface area contributed by atoms with Crippen molar-refractivity contribution in [2.45, 2.75) is 6.92 Å². The van der Waals surface area contributed by atoms with Crippen molar-refractivity contribution in [2.75, 3.05) is 18.0 Å². The number of carboxylic acids is 1. The molecule has 0 amide bonds. The van der Waals surface area contributed by atoms with Crippen molar-refractivity contribution in [3.05, 3.63) is 30.1 Å². The maximum atomic E-state index is 10.8. The van der Waals surface area contributed by atoms with E-state index in [1.165, 1.54) is 0 Å². The van der Waals surface area contributed by atoms with Gasteiger partial charge in [0, 0.05) is 18.5 Å². The summed E-state index contributed by atoms with van der Waals surface area (Å²) in [5.74, 6) is -0.179. The summed E-state index contributed by atoms with van der Waals surface area (Å²) in [6.07, 6.45) is 1.54. The summed E-state index contributed by atoms with van der Waals surface area (Å²) in [6.45, 7) is 3.06. The molecule has 5 nitrogen and oxygen atoms in total. The predicted octanol–water partition coefficient (Wildman–Crippen LogP) is 1.46. The first-order valence-corrected chi connectivity index (χ1v) is 5.85. The molecule has 1 aromatic carbocycles. The Kier molecular flexibility index (Phi) is 2.40. The van der Waals surface area contributed by atoms with Crippen LogP contribution in [0.4, 0.5) is 5.82 Å². The van der Waals surface area contributed by atoms with Gasteiger partial charge in [0.1, 0.15) is 12.1 Å². The molecule has 1 aliphatic heterocycles. The summed E-state index contributed by atoms with van der Waals surface area (Å²) >= 11 is 0. The molecule has 1 aliphatic rings. The Morgan fingerprint density at radius 2 is 2.17 bits per heavy atom. The average molecular weight is 243 g/mol. The van der Waals surface area contributed by atoms with Gasteiger partial charge in [0.2, 0.25) is 0 Å². The van der Waals surface area contributed by atoms with Crippen molar-refractivity contribution in [1.29, 1.82) is 0 Å². The molecule has 3 rings (SSSR count). The van der Waals surface area contributed by atoms with Gasteiger partial charge >= 0.3 is 5.97 Å². The Morgan fingerprint density at radius 3 is 2.89 bits per heavy atom. The lowest BCUT2D eigenvalue weighted by Gasteiger charge is -2.38. The number of nitrogens with zero attached hydrogens (tertiary/aromatic N) is 3. The molecule has 0 saturated carbocycles. The van der Waals surface area contributed by atoms with Crippen LogP contribution in [0.3, 0.4) is 0 Å². The summed E-state index contributed by atoms with van der Waals surface area (Å²) in [5.41, 5.74) is 2.03. The van der Waals surface area contributed by atoms with Gasteiger partial charge in [0.05, 0.1) is 11.4 Å². The standard InChI is InChI=1S/C13H13N3O2/c1-8-3-2-4-10-11(8)14-7-15-12(10)16-5-9(6-16)13(17)18/h2-4,7,9H,5-6H2,1H3,(H,17,18). The predicted molar refractivity (Wildman–Crippen MR) is 67.6 cm³/mol. The number of anilines is 1. The van der Waals surface area contributed by atoms with E-state index in [2.05, 4.69) is 9.97 Å². The molecule has 0 aliphatic carbocycles. The van der Waals surface area contributed by atoms with Gasteiger partial charge in [-0.05, 0) is 18.6 Å². The van der Waals surface area contributed by atoms with Crippen molar-refractivity contribution in [2.24, 2.45) is 5.92 Å². The Bertz CT molecular complexity index is 621. The molecule has 5 heteroatoms. The largest absolute Gasteiger partial charge is 0.481 e. The van der Waals surface area contributed by atoms with Crippen molar-refractivity contribution in [3.8, 4) is 0 Å². The van der Waals surface area contributed by atoms with E-state index in [4.69, 9.17) is 5.11 Å². The molecule has 0 bridgehead atoms. The van der Waals surface area contributed by atoms with Gasteiger partial charge in [-0.1, -0.05) is 12.1 Å².